The highest BCUT2D eigenvalue weighted by molar-refractivity contribution is 5.97. The minimum Gasteiger partial charge on any atom is -0.480 e. The van der Waals surface area contributed by atoms with Gasteiger partial charge in [0.25, 0.3) is 11.6 Å². The molecular formula is C15H20N2O5. The number of rotatable bonds is 8. The fourth-order valence-corrected chi connectivity index (χ4v) is 2.08. The zero-order chi connectivity index (χ0) is 16.7. The average molecular weight is 308 g/mol. The average Bonchev–Trinajstić information content (AvgIpc) is 2.50. The molecule has 7 heteroatoms. The first kappa shape index (κ1) is 17.6. The van der Waals surface area contributed by atoms with Gasteiger partial charge in [-0.05, 0) is 18.9 Å². The molecule has 0 saturated carbocycles. The Hall–Kier alpha value is -2.44. The Morgan fingerprint density at radius 1 is 1.36 bits per heavy atom. The van der Waals surface area contributed by atoms with Crippen LogP contribution in [0.25, 0.3) is 0 Å². The summed E-state index contributed by atoms with van der Waals surface area (Å²) >= 11 is 0. The van der Waals surface area contributed by atoms with Crippen LogP contribution in [0.1, 0.15) is 49.0 Å². The third-order valence-corrected chi connectivity index (χ3v) is 3.37. The summed E-state index contributed by atoms with van der Waals surface area (Å²) in [6, 6.07) is 3.19. The summed E-state index contributed by atoms with van der Waals surface area (Å²) in [4.78, 5) is 33.7. The number of hydrogen-bond acceptors (Lipinski definition) is 4. The minimum absolute atomic E-state index is 0.0895. The molecule has 2 N–H and O–H groups in total. The number of carbonyl (C=O) groups is 2. The molecule has 0 bridgehead atoms. The van der Waals surface area contributed by atoms with Crippen LogP contribution in [0.5, 0.6) is 0 Å². The number of hydrogen-bond donors (Lipinski definition) is 2. The Balaban J connectivity index is 2.95. The van der Waals surface area contributed by atoms with Gasteiger partial charge in [-0.25, -0.2) is 4.79 Å². The van der Waals surface area contributed by atoms with Gasteiger partial charge in [-0.2, -0.15) is 0 Å². The molecule has 0 radical (unpaired) electrons. The van der Waals surface area contributed by atoms with Gasteiger partial charge < -0.3 is 10.4 Å². The molecule has 120 valence electrons. The van der Waals surface area contributed by atoms with E-state index in [1.165, 1.54) is 18.2 Å². The molecule has 1 unspecified atom stereocenters. The molecule has 1 aromatic carbocycles. The van der Waals surface area contributed by atoms with Crippen molar-refractivity contribution >= 4 is 17.6 Å². The fraction of sp³-hybridized carbons (Fsp3) is 0.467. The second-order valence-corrected chi connectivity index (χ2v) is 4.96. The molecule has 0 aliphatic heterocycles. The van der Waals surface area contributed by atoms with Crippen LogP contribution in [0.15, 0.2) is 18.2 Å². The second kappa shape index (κ2) is 8.11. The van der Waals surface area contributed by atoms with Crippen LogP contribution < -0.4 is 5.32 Å². The molecule has 7 nitrogen and oxygen atoms in total. The molecule has 1 amide bonds. The number of carbonyl (C=O) groups excluding carboxylic acids is 1. The standard InChI is InChI=1S/C15H20N2O5/c1-3-5-6-12(15(19)20)16-14(18)11-8-7-10(4-2)13(9-11)17(21)22/h7-9,12H,3-6H2,1-2H3,(H,16,18)(H,19,20). The van der Waals surface area contributed by atoms with Crippen LogP contribution >= 0.6 is 0 Å². The first-order valence-corrected chi connectivity index (χ1v) is 7.21. The lowest BCUT2D eigenvalue weighted by molar-refractivity contribution is -0.385. The van der Waals surface area contributed by atoms with E-state index in [9.17, 15) is 19.7 Å². The predicted molar refractivity (Wildman–Crippen MR) is 80.9 cm³/mol. The van der Waals surface area contributed by atoms with Gasteiger partial charge >= 0.3 is 5.97 Å². The van der Waals surface area contributed by atoms with Crippen molar-refractivity contribution in [1.29, 1.82) is 0 Å². The van der Waals surface area contributed by atoms with Crippen LogP contribution in [0.3, 0.4) is 0 Å². The highest BCUT2D eigenvalue weighted by Gasteiger charge is 2.22. The zero-order valence-corrected chi connectivity index (χ0v) is 12.7. The van der Waals surface area contributed by atoms with Crippen LogP contribution in [-0.4, -0.2) is 27.9 Å². The van der Waals surface area contributed by atoms with Crippen molar-refractivity contribution in [3.8, 4) is 0 Å². The van der Waals surface area contributed by atoms with E-state index in [1.54, 1.807) is 6.92 Å². The number of carboxylic acids is 1. The Bertz CT molecular complexity index is 571. The van der Waals surface area contributed by atoms with Crippen molar-refractivity contribution in [2.75, 3.05) is 0 Å². The molecule has 22 heavy (non-hydrogen) atoms. The molecule has 1 aromatic rings. The van der Waals surface area contributed by atoms with Crippen LogP contribution in [0.4, 0.5) is 5.69 Å². The highest BCUT2D eigenvalue weighted by atomic mass is 16.6. The zero-order valence-electron chi connectivity index (χ0n) is 12.7. The first-order valence-electron chi connectivity index (χ1n) is 7.21. The number of nitrogens with zero attached hydrogens (tertiary/aromatic N) is 1. The Labute approximate surface area is 128 Å². The van der Waals surface area contributed by atoms with Crippen molar-refractivity contribution in [2.24, 2.45) is 0 Å². The number of nitro benzene ring substituents is 1. The van der Waals surface area contributed by atoms with Gasteiger partial charge in [0.2, 0.25) is 0 Å². The van der Waals surface area contributed by atoms with Gasteiger partial charge in [0.1, 0.15) is 6.04 Å². The third kappa shape index (κ3) is 4.54. The molecule has 0 spiro atoms. The molecule has 0 fully saturated rings. The molecule has 0 aliphatic carbocycles. The summed E-state index contributed by atoms with van der Waals surface area (Å²) in [5.74, 6) is -1.73. The molecule has 0 aromatic heterocycles. The van der Waals surface area contributed by atoms with Gasteiger partial charge in [0, 0.05) is 17.2 Å². The van der Waals surface area contributed by atoms with Gasteiger partial charge in [0.15, 0.2) is 0 Å². The van der Waals surface area contributed by atoms with Crippen LogP contribution in [-0.2, 0) is 11.2 Å². The van der Waals surface area contributed by atoms with Gasteiger partial charge in [-0.3, -0.25) is 14.9 Å². The lowest BCUT2D eigenvalue weighted by Gasteiger charge is -2.14. The highest BCUT2D eigenvalue weighted by Crippen LogP contribution is 2.21. The van der Waals surface area contributed by atoms with Crippen molar-refractivity contribution in [3.63, 3.8) is 0 Å². The third-order valence-electron chi connectivity index (χ3n) is 3.37. The van der Waals surface area contributed by atoms with Crippen molar-refractivity contribution in [1.82, 2.24) is 5.32 Å². The van der Waals surface area contributed by atoms with E-state index in [-0.39, 0.29) is 11.3 Å². The summed E-state index contributed by atoms with van der Waals surface area (Å²) in [6.45, 7) is 3.71. The summed E-state index contributed by atoms with van der Waals surface area (Å²) < 4.78 is 0. The molecule has 0 heterocycles. The maximum atomic E-state index is 12.1. The molecule has 0 saturated heterocycles. The SMILES string of the molecule is CCCCC(NC(=O)c1ccc(CC)c([N+](=O)[O-])c1)C(=O)O. The quantitative estimate of drug-likeness (QED) is 0.566. The summed E-state index contributed by atoms with van der Waals surface area (Å²) in [5, 5.41) is 22.5. The largest absolute Gasteiger partial charge is 0.480 e. The van der Waals surface area contributed by atoms with Gasteiger partial charge in [-0.1, -0.05) is 32.8 Å². The van der Waals surface area contributed by atoms with Crippen molar-refractivity contribution in [2.45, 2.75) is 45.6 Å². The van der Waals surface area contributed by atoms with Crippen LogP contribution in [0, 0.1) is 10.1 Å². The number of aryl methyl sites for hydroxylation is 1. The summed E-state index contributed by atoms with van der Waals surface area (Å²) in [6.07, 6.45) is 2.29. The molecule has 1 rings (SSSR count). The van der Waals surface area contributed by atoms with Gasteiger partial charge in [0.05, 0.1) is 4.92 Å². The van der Waals surface area contributed by atoms with E-state index in [0.29, 0.717) is 24.8 Å². The lowest BCUT2D eigenvalue weighted by Crippen LogP contribution is -2.40. The van der Waals surface area contributed by atoms with Crippen molar-refractivity contribution in [3.05, 3.63) is 39.4 Å². The lowest BCUT2D eigenvalue weighted by atomic mass is 10.1. The number of amides is 1. The van der Waals surface area contributed by atoms with E-state index in [0.717, 1.165) is 6.42 Å². The van der Waals surface area contributed by atoms with E-state index in [1.807, 2.05) is 6.92 Å². The normalized spacial score (nSPS) is 11.7. The Morgan fingerprint density at radius 3 is 2.55 bits per heavy atom. The molecule has 0 aliphatic rings. The monoisotopic (exact) mass is 308 g/mol. The minimum atomic E-state index is -1.11. The van der Waals surface area contributed by atoms with E-state index in [2.05, 4.69) is 5.32 Å². The number of unbranched alkanes of at least 4 members (excludes halogenated alkanes) is 1. The molecule has 1 atom stereocenters. The Morgan fingerprint density at radius 2 is 2.05 bits per heavy atom. The van der Waals surface area contributed by atoms with Crippen LogP contribution in [0.2, 0.25) is 0 Å². The topological polar surface area (TPSA) is 110 Å². The van der Waals surface area contributed by atoms with E-state index < -0.39 is 22.8 Å². The van der Waals surface area contributed by atoms with E-state index in [4.69, 9.17) is 5.11 Å². The predicted octanol–water partition coefficient (Wildman–Crippen LogP) is 2.53. The Kier molecular flexibility index (Phi) is 6.49. The van der Waals surface area contributed by atoms with E-state index >= 15 is 0 Å². The number of nitrogens with one attached hydrogen (secondary N) is 1. The van der Waals surface area contributed by atoms with Gasteiger partial charge in [-0.15, -0.1) is 0 Å². The van der Waals surface area contributed by atoms with Crippen molar-refractivity contribution < 1.29 is 19.6 Å². The number of aliphatic carboxylic acids is 1. The number of nitro groups is 1. The maximum absolute atomic E-state index is 12.1. The number of benzene rings is 1. The smallest absolute Gasteiger partial charge is 0.326 e. The molecular weight excluding hydrogens is 288 g/mol. The summed E-state index contributed by atoms with van der Waals surface area (Å²) in [5.41, 5.74) is 0.490. The first-order chi connectivity index (χ1) is 10.4. The summed E-state index contributed by atoms with van der Waals surface area (Å²) in [7, 11) is 0. The fourth-order valence-electron chi connectivity index (χ4n) is 2.08. The number of carboxylic acid groups (broad SMARTS) is 1. The second-order valence-electron chi connectivity index (χ2n) is 4.96. The maximum Gasteiger partial charge on any atom is 0.326 e.